The highest BCUT2D eigenvalue weighted by atomic mass is 16.7. The molecule has 0 radical (unpaired) electrons. The second-order valence-corrected chi connectivity index (χ2v) is 22.5. The molecule has 1 heterocycles. The van der Waals surface area contributed by atoms with Crippen molar-refractivity contribution in [3.63, 3.8) is 0 Å². The van der Waals surface area contributed by atoms with Crippen molar-refractivity contribution in [2.45, 2.75) is 346 Å². The van der Waals surface area contributed by atoms with E-state index in [0.717, 1.165) is 77.0 Å². The number of carbonyl (C=O) groups is 2. The van der Waals surface area contributed by atoms with E-state index in [0.29, 0.717) is 12.8 Å². The lowest BCUT2D eigenvalue weighted by molar-refractivity contribution is -0.305. The van der Waals surface area contributed by atoms with Crippen LogP contribution in [-0.4, -0.2) is 99.6 Å². The molecule has 11 nitrogen and oxygen atoms in total. The predicted molar refractivity (Wildman–Crippen MR) is 320 cm³/mol. The second kappa shape index (κ2) is 54.2. The van der Waals surface area contributed by atoms with Gasteiger partial charge in [-0.25, -0.2) is 0 Å². The molecule has 11 heteroatoms. The van der Waals surface area contributed by atoms with E-state index in [1.54, 1.807) is 6.08 Å². The van der Waals surface area contributed by atoms with Crippen molar-refractivity contribution in [3.8, 4) is 0 Å². The molecule has 1 saturated heterocycles. The summed E-state index contributed by atoms with van der Waals surface area (Å²) < 4.78 is 17.6. The number of hydrogen-bond donors (Lipinski definition) is 6. The van der Waals surface area contributed by atoms with Gasteiger partial charge in [-0.1, -0.05) is 275 Å². The first-order valence-corrected chi connectivity index (χ1v) is 32.4. The zero-order valence-electron chi connectivity index (χ0n) is 49.8. The lowest BCUT2D eigenvalue weighted by atomic mass is 9.99. The number of aliphatic hydroxyl groups excluding tert-OH is 5. The lowest BCUT2D eigenvalue weighted by Gasteiger charge is -2.41. The summed E-state index contributed by atoms with van der Waals surface area (Å²) in [4.78, 5) is 26.6. The molecule has 0 aromatic carbocycles. The van der Waals surface area contributed by atoms with Gasteiger partial charge in [0.2, 0.25) is 5.91 Å². The van der Waals surface area contributed by atoms with Crippen molar-refractivity contribution in [2.24, 2.45) is 0 Å². The van der Waals surface area contributed by atoms with Crippen LogP contribution in [0.15, 0.2) is 48.6 Å². The van der Waals surface area contributed by atoms with Crippen molar-refractivity contribution >= 4 is 11.9 Å². The number of esters is 1. The van der Waals surface area contributed by atoms with E-state index in [1.807, 2.05) is 6.08 Å². The van der Waals surface area contributed by atoms with Crippen LogP contribution in [0.5, 0.6) is 0 Å². The summed E-state index contributed by atoms with van der Waals surface area (Å²) in [5.41, 5.74) is 0. The molecule has 6 N–H and O–H groups in total. The summed E-state index contributed by atoms with van der Waals surface area (Å²) in [6, 6.07) is -1.02. The van der Waals surface area contributed by atoms with E-state index in [1.165, 1.54) is 173 Å². The number of amides is 1. The number of unbranched alkanes of at least 4 members (excludes halogenated alkanes) is 35. The Hall–Kier alpha value is -2.38. The number of rotatable bonds is 55. The van der Waals surface area contributed by atoms with Gasteiger partial charge in [0.05, 0.1) is 25.4 Å². The zero-order chi connectivity index (χ0) is 56.1. The highest BCUT2D eigenvalue weighted by Gasteiger charge is 2.47. The molecule has 8 unspecified atom stereocenters. The molecule has 0 saturated carbocycles. The van der Waals surface area contributed by atoms with E-state index in [9.17, 15) is 35.1 Å². The fourth-order valence-electron chi connectivity index (χ4n) is 10.1. The standard InChI is InChI=1S/C66H121NO10/c1-4-7-10-13-16-19-22-25-26-27-28-29-30-31-32-33-36-38-41-44-47-50-53-59(70)65(74)67-57(58(69)52-49-46-43-40-37-34-23-20-17-14-11-8-5-2)56-75-66-64(63(73)62(72)60(55-68)76-66)77-61(71)54-51-48-45-42-39-35-24-21-18-15-12-9-6-3/h16,19,25-26,28-29,49,52,57-60,62-64,66,68-70,72-73H,4-15,17-18,20-24,27,30-48,50-51,53-56H2,1-3H3,(H,67,74)/b19-16-,26-25-,29-28-,52-49+. The van der Waals surface area contributed by atoms with Crippen LogP contribution in [0.3, 0.4) is 0 Å². The summed E-state index contributed by atoms with van der Waals surface area (Å²) in [7, 11) is 0. The number of allylic oxidation sites excluding steroid dienone is 7. The molecule has 1 rings (SSSR count). The number of hydrogen-bond acceptors (Lipinski definition) is 10. The van der Waals surface area contributed by atoms with Crippen LogP contribution in [0.25, 0.3) is 0 Å². The Kier molecular flexibility index (Phi) is 51.1. The SMILES string of the molecule is CCCCC/C=C\C/C=C\C/C=C\CCCCCCCCCCCC(O)C(=O)NC(COC1OC(CO)C(O)C(O)C1OC(=O)CCCCCCCCCCCCCCC)C(O)/C=C/CCCCCCCCCCCCC. The lowest BCUT2D eigenvalue weighted by Crippen LogP contribution is -2.61. The van der Waals surface area contributed by atoms with Gasteiger partial charge in [-0.3, -0.25) is 9.59 Å². The fourth-order valence-corrected chi connectivity index (χ4v) is 10.1. The van der Waals surface area contributed by atoms with Crippen LogP contribution in [0, 0.1) is 0 Å². The Labute approximate surface area is 472 Å². The summed E-state index contributed by atoms with van der Waals surface area (Å²) >= 11 is 0. The molecular weight excluding hydrogens is 967 g/mol. The molecule has 0 aliphatic carbocycles. The summed E-state index contributed by atoms with van der Waals surface area (Å²) in [5, 5.41) is 57.0. The third-order valence-electron chi connectivity index (χ3n) is 15.2. The van der Waals surface area contributed by atoms with Gasteiger partial charge in [-0.15, -0.1) is 0 Å². The smallest absolute Gasteiger partial charge is 0.306 e. The van der Waals surface area contributed by atoms with Crippen LogP contribution < -0.4 is 5.32 Å². The third-order valence-corrected chi connectivity index (χ3v) is 15.2. The van der Waals surface area contributed by atoms with Crippen molar-refractivity contribution < 1.29 is 49.3 Å². The Bertz CT molecular complexity index is 1440. The van der Waals surface area contributed by atoms with E-state index in [-0.39, 0.29) is 19.4 Å². The Morgan fingerprint density at radius 2 is 0.896 bits per heavy atom. The average Bonchev–Trinajstić information content (AvgIpc) is 3.43. The number of ether oxygens (including phenoxy) is 3. The van der Waals surface area contributed by atoms with Gasteiger partial charge in [0.15, 0.2) is 12.4 Å². The molecule has 450 valence electrons. The van der Waals surface area contributed by atoms with Gasteiger partial charge >= 0.3 is 5.97 Å². The Balaban J connectivity index is 2.65. The minimum Gasteiger partial charge on any atom is -0.454 e. The van der Waals surface area contributed by atoms with Crippen LogP contribution >= 0.6 is 0 Å². The van der Waals surface area contributed by atoms with Crippen molar-refractivity contribution in [1.82, 2.24) is 5.32 Å². The number of aliphatic hydroxyl groups is 5. The molecule has 0 aromatic rings. The zero-order valence-corrected chi connectivity index (χ0v) is 49.8. The molecule has 0 bridgehead atoms. The van der Waals surface area contributed by atoms with Crippen LogP contribution in [0.1, 0.15) is 297 Å². The normalized spacial score (nSPS) is 19.3. The molecule has 8 atom stereocenters. The van der Waals surface area contributed by atoms with Gasteiger partial charge < -0.3 is 45.1 Å². The molecular formula is C66H121NO10. The first kappa shape index (κ1) is 72.6. The number of nitrogens with one attached hydrogen (secondary N) is 1. The minimum absolute atomic E-state index is 0.127. The monoisotopic (exact) mass is 1090 g/mol. The fraction of sp³-hybridized carbons (Fsp3) is 0.848. The maximum Gasteiger partial charge on any atom is 0.306 e. The van der Waals surface area contributed by atoms with Crippen molar-refractivity contribution in [1.29, 1.82) is 0 Å². The quantitative estimate of drug-likeness (QED) is 0.0195. The largest absolute Gasteiger partial charge is 0.454 e. The Morgan fingerprint density at radius 1 is 0.506 bits per heavy atom. The number of carbonyl (C=O) groups excluding carboxylic acids is 2. The first-order chi connectivity index (χ1) is 37.7. The highest BCUT2D eigenvalue weighted by Crippen LogP contribution is 2.26. The van der Waals surface area contributed by atoms with Crippen LogP contribution in [0.2, 0.25) is 0 Å². The Morgan fingerprint density at radius 3 is 1.36 bits per heavy atom. The molecule has 0 spiro atoms. The molecule has 1 aliphatic rings. The van der Waals surface area contributed by atoms with Gasteiger partial charge in [0.1, 0.15) is 24.4 Å². The van der Waals surface area contributed by atoms with E-state index >= 15 is 0 Å². The third kappa shape index (κ3) is 42.2. The molecule has 1 amide bonds. The van der Waals surface area contributed by atoms with E-state index in [2.05, 4.69) is 62.5 Å². The maximum absolute atomic E-state index is 13.4. The average molecular weight is 1090 g/mol. The summed E-state index contributed by atoms with van der Waals surface area (Å²) in [6.07, 6.45) is 55.7. The molecule has 1 fully saturated rings. The van der Waals surface area contributed by atoms with Crippen molar-refractivity contribution in [3.05, 3.63) is 48.6 Å². The topological polar surface area (TPSA) is 175 Å². The highest BCUT2D eigenvalue weighted by molar-refractivity contribution is 5.80. The van der Waals surface area contributed by atoms with Crippen LogP contribution in [-0.2, 0) is 23.8 Å². The molecule has 0 aromatic heterocycles. The minimum atomic E-state index is -1.61. The van der Waals surface area contributed by atoms with Gasteiger partial charge in [-0.05, 0) is 64.2 Å². The van der Waals surface area contributed by atoms with Crippen molar-refractivity contribution in [2.75, 3.05) is 13.2 Å². The summed E-state index contributed by atoms with van der Waals surface area (Å²) in [5.74, 6) is -1.19. The van der Waals surface area contributed by atoms with Gasteiger partial charge in [0, 0.05) is 6.42 Å². The second-order valence-electron chi connectivity index (χ2n) is 22.5. The van der Waals surface area contributed by atoms with Gasteiger partial charge in [-0.2, -0.15) is 0 Å². The van der Waals surface area contributed by atoms with E-state index < -0.39 is 67.4 Å². The predicted octanol–water partition coefficient (Wildman–Crippen LogP) is 15.6. The maximum atomic E-state index is 13.4. The van der Waals surface area contributed by atoms with E-state index in [4.69, 9.17) is 14.2 Å². The summed E-state index contributed by atoms with van der Waals surface area (Å²) in [6.45, 7) is 5.78. The molecule has 1 aliphatic heterocycles. The molecule has 77 heavy (non-hydrogen) atoms. The van der Waals surface area contributed by atoms with Crippen LogP contribution in [0.4, 0.5) is 0 Å². The van der Waals surface area contributed by atoms with Gasteiger partial charge in [0.25, 0.3) is 0 Å². The first-order valence-electron chi connectivity index (χ1n) is 32.4.